The Morgan fingerprint density at radius 3 is 2.56 bits per heavy atom. The molecule has 43 heavy (non-hydrogen) atoms. The van der Waals surface area contributed by atoms with Gasteiger partial charge in [-0.2, -0.15) is 5.10 Å². The van der Waals surface area contributed by atoms with Crippen molar-refractivity contribution < 1.29 is 23.9 Å². The summed E-state index contributed by atoms with van der Waals surface area (Å²) in [5.74, 6) is -0.418. The molecule has 1 aliphatic heterocycles. The molecule has 2 fully saturated rings. The van der Waals surface area contributed by atoms with E-state index >= 15 is 0 Å². The lowest BCUT2D eigenvalue weighted by molar-refractivity contribution is -0.120. The Morgan fingerprint density at radius 2 is 1.88 bits per heavy atom. The zero-order chi connectivity index (χ0) is 30.9. The van der Waals surface area contributed by atoms with Crippen LogP contribution in [-0.2, 0) is 16.6 Å². The van der Waals surface area contributed by atoms with Crippen LogP contribution >= 0.6 is 0 Å². The van der Waals surface area contributed by atoms with Crippen molar-refractivity contribution in [3.8, 4) is 17.0 Å². The van der Waals surface area contributed by atoms with Gasteiger partial charge in [-0.1, -0.05) is 6.07 Å². The SMILES string of the molecule is BC(B)(B)NC(=O)c1nnc(NC(=O)C2CC2)cc1Nc1cccc(-c2cc(C(=O)N3CNCC(=O)C3)n(C)n2)c1OC. The van der Waals surface area contributed by atoms with Crippen LogP contribution in [0, 0.1) is 5.92 Å². The minimum absolute atomic E-state index is 0.0298. The average Bonchev–Trinajstić information content (AvgIpc) is 3.73. The van der Waals surface area contributed by atoms with E-state index in [0.29, 0.717) is 34.1 Å². The maximum atomic E-state index is 13.2. The number of methoxy groups -OCH3 is 1. The lowest BCUT2D eigenvalue weighted by atomic mass is 9.49. The topological polar surface area (TPSA) is 172 Å². The van der Waals surface area contributed by atoms with Crippen molar-refractivity contribution in [3.05, 3.63) is 41.7 Å². The molecule has 14 nitrogen and oxygen atoms in total. The number of carbonyl (C=O) groups is 4. The van der Waals surface area contributed by atoms with E-state index < -0.39 is 11.1 Å². The van der Waals surface area contributed by atoms with Gasteiger partial charge >= 0.3 is 0 Å². The van der Waals surface area contributed by atoms with Crippen LogP contribution in [-0.4, -0.2) is 104 Å². The largest absolute Gasteiger partial charge is 0.494 e. The number of aryl methyl sites for hydroxylation is 1. The molecule has 4 N–H and O–H groups in total. The number of anilines is 3. The van der Waals surface area contributed by atoms with Crippen LogP contribution in [0.2, 0.25) is 0 Å². The zero-order valence-corrected chi connectivity index (χ0v) is 24.8. The van der Waals surface area contributed by atoms with Crippen LogP contribution in [0.4, 0.5) is 17.2 Å². The van der Waals surface area contributed by atoms with Gasteiger partial charge in [0.1, 0.15) is 29.2 Å². The van der Waals surface area contributed by atoms with Crippen LogP contribution < -0.4 is 26.0 Å². The molecule has 2 aromatic heterocycles. The first kappa shape index (κ1) is 29.8. The van der Waals surface area contributed by atoms with Gasteiger partial charge in [0.15, 0.2) is 23.0 Å². The number of ether oxygens (including phenoxy) is 1. The molecule has 3 aromatic rings. The number of carbonyl (C=O) groups excluding carboxylic acids is 4. The number of benzene rings is 1. The second kappa shape index (κ2) is 11.9. The number of rotatable bonds is 9. The minimum Gasteiger partial charge on any atom is -0.494 e. The van der Waals surface area contributed by atoms with Crippen molar-refractivity contribution >= 4 is 64.2 Å². The molecule has 3 amide bonds. The lowest BCUT2D eigenvalue weighted by Gasteiger charge is -2.26. The predicted octanol–water partition coefficient (Wildman–Crippen LogP) is -2.21. The molecule has 0 spiro atoms. The highest BCUT2D eigenvalue weighted by molar-refractivity contribution is 6.60. The quantitative estimate of drug-likeness (QED) is 0.203. The summed E-state index contributed by atoms with van der Waals surface area (Å²) in [6.45, 7) is 0.531. The fourth-order valence-corrected chi connectivity index (χ4v) is 4.65. The molecule has 3 heterocycles. The first-order valence-corrected chi connectivity index (χ1v) is 13.9. The highest BCUT2D eigenvalue weighted by Crippen LogP contribution is 2.38. The number of para-hydroxylation sites is 1. The summed E-state index contributed by atoms with van der Waals surface area (Å²) in [6.07, 6.45) is 1.66. The molecule has 5 rings (SSSR count). The number of nitrogens with zero attached hydrogens (tertiary/aromatic N) is 5. The zero-order valence-electron chi connectivity index (χ0n) is 24.8. The van der Waals surface area contributed by atoms with Crippen LogP contribution in [0.25, 0.3) is 11.3 Å². The number of nitrogens with one attached hydrogen (secondary N) is 4. The second-order valence-corrected chi connectivity index (χ2v) is 11.6. The fraction of sp³-hybridized carbons (Fsp3) is 0.346. The molecule has 0 bridgehead atoms. The van der Waals surface area contributed by atoms with E-state index in [9.17, 15) is 19.2 Å². The van der Waals surface area contributed by atoms with E-state index in [4.69, 9.17) is 4.74 Å². The summed E-state index contributed by atoms with van der Waals surface area (Å²) in [6, 6.07) is 8.54. The number of amides is 3. The Hall–Kier alpha value is -4.66. The normalized spacial score (nSPS) is 15.1. The molecule has 220 valence electrons. The summed E-state index contributed by atoms with van der Waals surface area (Å²) in [5.41, 5.74) is 2.18. The first-order valence-electron chi connectivity index (χ1n) is 13.9. The van der Waals surface area contributed by atoms with Gasteiger partial charge in [0.2, 0.25) is 5.91 Å². The Kier molecular flexibility index (Phi) is 8.26. The molecule has 1 aliphatic carbocycles. The van der Waals surface area contributed by atoms with E-state index in [0.717, 1.165) is 12.8 Å². The molecular formula is C26H32B3N9O5. The highest BCUT2D eigenvalue weighted by Gasteiger charge is 2.31. The molecule has 1 saturated carbocycles. The summed E-state index contributed by atoms with van der Waals surface area (Å²) < 4.78 is 7.26. The Labute approximate surface area is 250 Å². The molecule has 2 aliphatic rings. The van der Waals surface area contributed by atoms with E-state index in [-0.39, 0.29) is 54.8 Å². The number of Topliss-reactive ketones (excluding diaryl/α,β-unsaturated/α-hetero) is 1. The summed E-state index contributed by atoms with van der Waals surface area (Å²) in [5, 5.41) is 24.1. The van der Waals surface area contributed by atoms with E-state index in [1.807, 2.05) is 23.5 Å². The summed E-state index contributed by atoms with van der Waals surface area (Å²) in [4.78, 5) is 52.1. The first-order chi connectivity index (χ1) is 20.4. The molecule has 1 saturated heterocycles. The van der Waals surface area contributed by atoms with Crippen molar-refractivity contribution in [1.29, 1.82) is 0 Å². The van der Waals surface area contributed by atoms with Crippen LogP contribution in [0.3, 0.4) is 0 Å². The molecule has 17 heteroatoms. The Morgan fingerprint density at radius 1 is 1.12 bits per heavy atom. The minimum atomic E-state index is -0.530. The fourth-order valence-electron chi connectivity index (χ4n) is 4.65. The summed E-state index contributed by atoms with van der Waals surface area (Å²) in [7, 11) is 8.73. The maximum Gasteiger partial charge on any atom is 0.273 e. The number of hydrogen-bond donors (Lipinski definition) is 4. The van der Waals surface area contributed by atoms with Crippen molar-refractivity contribution in [1.82, 2.24) is 35.5 Å². The van der Waals surface area contributed by atoms with Gasteiger partial charge in [0.25, 0.3) is 11.8 Å². The van der Waals surface area contributed by atoms with Gasteiger partial charge in [0.05, 0.1) is 43.9 Å². The van der Waals surface area contributed by atoms with Crippen molar-refractivity contribution in [3.63, 3.8) is 0 Å². The number of ketones is 1. The third-order valence-electron chi connectivity index (χ3n) is 6.84. The van der Waals surface area contributed by atoms with E-state index in [2.05, 4.69) is 36.6 Å². The molecule has 1 aromatic carbocycles. The van der Waals surface area contributed by atoms with Gasteiger partial charge in [-0.05, 0) is 36.3 Å². The van der Waals surface area contributed by atoms with Crippen LogP contribution in [0.5, 0.6) is 5.75 Å². The molecule has 0 unspecified atom stereocenters. The van der Waals surface area contributed by atoms with Crippen molar-refractivity contribution in [2.45, 2.75) is 18.1 Å². The monoisotopic (exact) mass is 583 g/mol. The van der Waals surface area contributed by atoms with Gasteiger partial charge in [-0.3, -0.25) is 29.2 Å². The summed E-state index contributed by atoms with van der Waals surface area (Å²) >= 11 is 0. The van der Waals surface area contributed by atoms with E-state index in [1.54, 1.807) is 37.4 Å². The van der Waals surface area contributed by atoms with E-state index in [1.165, 1.54) is 16.7 Å². The molecular weight excluding hydrogens is 551 g/mol. The third kappa shape index (κ3) is 6.88. The maximum absolute atomic E-state index is 13.2. The molecule has 0 radical (unpaired) electrons. The predicted molar refractivity (Wildman–Crippen MR) is 167 cm³/mol. The molecule has 0 atom stereocenters. The Bertz CT molecular complexity index is 1600. The third-order valence-corrected chi connectivity index (χ3v) is 6.84. The van der Waals surface area contributed by atoms with Crippen LogP contribution in [0.1, 0.15) is 33.8 Å². The van der Waals surface area contributed by atoms with Gasteiger partial charge in [-0.15, -0.1) is 10.2 Å². The lowest BCUT2D eigenvalue weighted by Crippen LogP contribution is -2.50. The second-order valence-electron chi connectivity index (χ2n) is 11.6. The smallest absolute Gasteiger partial charge is 0.273 e. The van der Waals surface area contributed by atoms with Gasteiger partial charge < -0.3 is 25.6 Å². The number of aromatic nitrogens is 4. The highest BCUT2D eigenvalue weighted by atomic mass is 16.5. The van der Waals surface area contributed by atoms with Gasteiger partial charge in [0, 0.05) is 24.6 Å². The Balaban J connectivity index is 1.48. The van der Waals surface area contributed by atoms with Crippen LogP contribution in [0.15, 0.2) is 30.3 Å². The number of hydrogen-bond acceptors (Lipinski definition) is 10. The van der Waals surface area contributed by atoms with Gasteiger partial charge in [-0.25, -0.2) is 0 Å². The van der Waals surface area contributed by atoms with Crippen molar-refractivity contribution in [2.75, 3.05) is 37.5 Å². The average molecular weight is 583 g/mol. The standard InChI is InChI=1S/C26H32B3N9O5/c1-37-19(25(42)38-11-14(39)10-30-12-38)8-17(36-37)15-4-3-5-16(22(15)43-2)31-18-9-20(32-23(40)13-6-7-13)34-35-21(18)24(41)33-26(27,28)29/h3-5,8-9,13,30H,6-7,10-12,27-29H2,1-2H3,(H,33,41)(H2,31,32,34,40). The van der Waals surface area contributed by atoms with Crippen molar-refractivity contribution in [2.24, 2.45) is 13.0 Å².